The standard InChI is InChI=1S/C12H11N3O/c1-13-6-2-3-9-4-5-10-11(7-9)14-8-15-12(10)16/h4-5,7-8,13H,6H2,1H3,(H,14,15,16). The summed E-state index contributed by atoms with van der Waals surface area (Å²) in [7, 11) is 1.84. The second kappa shape index (κ2) is 4.60. The van der Waals surface area contributed by atoms with Gasteiger partial charge in [-0.2, -0.15) is 0 Å². The molecule has 0 bridgehead atoms. The van der Waals surface area contributed by atoms with Crippen LogP contribution in [-0.2, 0) is 0 Å². The van der Waals surface area contributed by atoms with Gasteiger partial charge in [-0.15, -0.1) is 0 Å². The molecular weight excluding hydrogens is 202 g/mol. The average molecular weight is 213 g/mol. The van der Waals surface area contributed by atoms with Gasteiger partial charge in [-0.05, 0) is 25.2 Å². The van der Waals surface area contributed by atoms with Crippen LogP contribution in [0.2, 0.25) is 0 Å². The van der Waals surface area contributed by atoms with Crippen LogP contribution in [0.25, 0.3) is 10.9 Å². The topological polar surface area (TPSA) is 57.8 Å². The largest absolute Gasteiger partial charge is 0.313 e. The lowest BCUT2D eigenvalue weighted by Gasteiger charge is -1.95. The first-order valence-corrected chi connectivity index (χ1v) is 4.92. The number of hydrogen-bond acceptors (Lipinski definition) is 3. The van der Waals surface area contributed by atoms with Gasteiger partial charge in [0.05, 0.1) is 23.8 Å². The highest BCUT2D eigenvalue weighted by atomic mass is 16.1. The van der Waals surface area contributed by atoms with Crippen molar-refractivity contribution in [2.45, 2.75) is 0 Å². The number of nitrogens with one attached hydrogen (secondary N) is 2. The highest BCUT2D eigenvalue weighted by Gasteiger charge is 1.98. The van der Waals surface area contributed by atoms with Crippen molar-refractivity contribution in [3.8, 4) is 11.8 Å². The zero-order chi connectivity index (χ0) is 11.4. The zero-order valence-electron chi connectivity index (χ0n) is 8.87. The average Bonchev–Trinajstić information content (AvgIpc) is 2.30. The summed E-state index contributed by atoms with van der Waals surface area (Å²) < 4.78 is 0. The SMILES string of the molecule is CNCC#Cc1ccc2c(=O)[nH]cnc2c1. The number of rotatable bonds is 1. The summed E-state index contributed by atoms with van der Waals surface area (Å²) in [6.07, 6.45) is 1.40. The van der Waals surface area contributed by atoms with Crippen molar-refractivity contribution in [3.63, 3.8) is 0 Å². The van der Waals surface area contributed by atoms with Crippen molar-refractivity contribution in [1.82, 2.24) is 15.3 Å². The van der Waals surface area contributed by atoms with E-state index in [0.717, 1.165) is 5.56 Å². The number of benzene rings is 1. The minimum absolute atomic E-state index is 0.125. The van der Waals surface area contributed by atoms with Crippen molar-refractivity contribution in [3.05, 3.63) is 40.4 Å². The third kappa shape index (κ3) is 2.10. The molecule has 0 aliphatic carbocycles. The van der Waals surface area contributed by atoms with Gasteiger partial charge in [-0.25, -0.2) is 4.98 Å². The first kappa shape index (κ1) is 10.4. The lowest BCUT2D eigenvalue weighted by molar-refractivity contribution is 0.938. The maximum Gasteiger partial charge on any atom is 0.258 e. The molecule has 0 radical (unpaired) electrons. The van der Waals surface area contributed by atoms with E-state index in [0.29, 0.717) is 17.4 Å². The summed E-state index contributed by atoms with van der Waals surface area (Å²) in [5.74, 6) is 5.95. The predicted molar refractivity (Wildman–Crippen MR) is 63.2 cm³/mol. The molecule has 2 aromatic rings. The van der Waals surface area contributed by atoms with Gasteiger partial charge in [0.1, 0.15) is 0 Å². The van der Waals surface area contributed by atoms with Crippen LogP contribution < -0.4 is 10.9 Å². The van der Waals surface area contributed by atoms with Crippen LogP contribution in [0.15, 0.2) is 29.3 Å². The molecule has 16 heavy (non-hydrogen) atoms. The Morgan fingerprint density at radius 2 is 2.38 bits per heavy atom. The minimum Gasteiger partial charge on any atom is -0.313 e. The Hall–Kier alpha value is -2.12. The number of aromatic amines is 1. The highest BCUT2D eigenvalue weighted by molar-refractivity contribution is 5.78. The van der Waals surface area contributed by atoms with E-state index in [4.69, 9.17) is 0 Å². The fourth-order valence-corrected chi connectivity index (χ4v) is 1.38. The number of aromatic nitrogens is 2. The molecule has 80 valence electrons. The molecule has 2 rings (SSSR count). The predicted octanol–water partition coefficient (Wildman–Crippen LogP) is 0.494. The molecule has 0 saturated carbocycles. The molecule has 2 N–H and O–H groups in total. The van der Waals surface area contributed by atoms with Gasteiger partial charge in [0.2, 0.25) is 0 Å². The lowest BCUT2D eigenvalue weighted by atomic mass is 10.1. The van der Waals surface area contributed by atoms with Crippen LogP contribution in [-0.4, -0.2) is 23.6 Å². The van der Waals surface area contributed by atoms with Gasteiger partial charge in [0.25, 0.3) is 5.56 Å². The summed E-state index contributed by atoms with van der Waals surface area (Å²) in [4.78, 5) is 18.0. The van der Waals surface area contributed by atoms with Crippen LogP contribution in [0.4, 0.5) is 0 Å². The molecular formula is C12H11N3O. The highest BCUT2D eigenvalue weighted by Crippen LogP contribution is 2.07. The van der Waals surface area contributed by atoms with Gasteiger partial charge in [0, 0.05) is 5.56 Å². The van der Waals surface area contributed by atoms with E-state index < -0.39 is 0 Å². The van der Waals surface area contributed by atoms with E-state index in [2.05, 4.69) is 27.1 Å². The van der Waals surface area contributed by atoms with Gasteiger partial charge in [-0.1, -0.05) is 11.8 Å². The molecule has 0 spiro atoms. The molecule has 1 heterocycles. The van der Waals surface area contributed by atoms with Crippen LogP contribution in [0.3, 0.4) is 0 Å². The maximum absolute atomic E-state index is 11.4. The first-order valence-electron chi connectivity index (χ1n) is 4.92. The normalized spacial score (nSPS) is 9.81. The molecule has 0 unspecified atom stereocenters. The molecule has 0 fully saturated rings. The minimum atomic E-state index is -0.125. The van der Waals surface area contributed by atoms with Crippen LogP contribution in [0.5, 0.6) is 0 Å². The molecule has 1 aromatic carbocycles. The molecule has 4 nitrogen and oxygen atoms in total. The van der Waals surface area contributed by atoms with Crippen molar-refractivity contribution >= 4 is 10.9 Å². The summed E-state index contributed by atoms with van der Waals surface area (Å²) in [6, 6.07) is 5.37. The molecule has 0 saturated heterocycles. The molecule has 4 heteroatoms. The lowest BCUT2D eigenvalue weighted by Crippen LogP contribution is -2.06. The van der Waals surface area contributed by atoms with E-state index in [1.54, 1.807) is 6.07 Å². The van der Waals surface area contributed by atoms with Crippen LogP contribution in [0.1, 0.15) is 5.56 Å². The van der Waals surface area contributed by atoms with E-state index >= 15 is 0 Å². The first-order chi connectivity index (χ1) is 7.81. The third-order valence-electron chi connectivity index (χ3n) is 2.14. The Morgan fingerprint density at radius 1 is 1.50 bits per heavy atom. The van der Waals surface area contributed by atoms with E-state index in [9.17, 15) is 4.79 Å². The van der Waals surface area contributed by atoms with Crippen molar-refractivity contribution < 1.29 is 0 Å². The summed E-state index contributed by atoms with van der Waals surface area (Å²) in [5.41, 5.74) is 1.40. The quantitative estimate of drug-likeness (QED) is 0.678. The monoisotopic (exact) mass is 213 g/mol. The van der Waals surface area contributed by atoms with Crippen LogP contribution in [0, 0.1) is 11.8 Å². The second-order valence-electron chi connectivity index (χ2n) is 3.30. The summed E-state index contributed by atoms with van der Waals surface area (Å²) in [5, 5.41) is 3.52. The number of hydrogen-bond donors (Lipinski definition) is 2. The fraction of sp³-hybridized carbons (Fsp3) is 0.167. The van der Waals surface area contributed by atoms with Gasteiger partial charge in [-0.3, -0.25) is 4.79 Å². The molecule has 0 atom stereocenters. The molecule has 1 aromatic heterocycles. The summed E-state index contributed by atoms with van der Waals surface area (Å²) >= 11 is 0. The Balaban J connectivity index is 2.46. The van der Waals surface area contributed by atoms with Crippen molar-refractivity contribution in [1.29, 1.82) is 0 Å². The molecule has 0 aliphatic rings. The number of nitrogens with zero attached hydrogens (tertiary/aromatic N) is 1. The van der Waals surface area contributed by atoms with Gasteiger partial charge >= 0.3 is 0 Å². The maximum atomic E-state index is 11.4. The molecule has 0 amide bonds. The van der Waals surface area contributed by atoms with Crippen molar-refractivity contribution in [2.75, 3.05) is 13.6 Å². The van der Waals surface area contributed by atoms with E-state index in [1.165, 1.54) is 6.33 Å². The Kier molecular flexibility index (Phi) is 2.99. The number of H-pyrrole nitrogens is 1. The third-order valence-corrected chi connectivity index (χ3v) is 2.14. The Labute approximate surface area is 92.7 Å². The molecule has 0 aliphatic heterocycles. The van der Waals surface area contributed by atoms with Gasteiger partial charge < -0.3 is 10.3 Å². The zero-order valence-corrected chi connectivity index (χ0v) is 8.87. The Morgan fingerprint density at radius 3 is 3.19 bits per heavy atom. The van der Waals surface area contributed by atoms with E-state index in [-0.39, 0.29) is 5.56 Å². The van der Waals surface area contributed by atoms with Crippen LogP contribution >= 0.6 is 0 Å². The number of fused-ring (bicyclic) bond motifs is 1. The van der Waals surface area contributed by atoms with Crippen molar-refractivity contribution in [2.24, 2.45) is 0 Å². The van der Waals surface area contributed by atoms with Gasteiger partial charge in [0.15, 0.2) is 0 Å². The fourth-order valence-electron chi connectivity index (χ4n) is 1.38. The Bertz CT molecular complexity index is 619. The smallest absolute Gasteiger partial charge is 0.258 e. The van der Waals surface area contributed by atoms with E-state index in [1.807, 2.05) is 19.2 Å². The second-order valence-corrected chi connectivity index (χ2v) is 3.30. The summed E-state index contributed by atoms with van der Waals surface area (Å²) in [6.45, 7) is 0.640.